The molecule has 0 radical (unpaired) electrons. The molecule has 4 aromatic rings. The Morgan fingerprint density at radius 3 is 1.69 bits per heavy atom. The minimum atomic E-state index is -0.947. The quantitative estimate of drug-likeness (QED) is 0.301. The van der Waals surface area contributed by atoms with Crippen molar-refractivity contribution in [3.63, 3.8) is 0 Å². The van der Waals surface area contributed by atoms with Gasteiger partial charge in [0.2, 0.25) is 0 Å². The maximum Gasteiger partial charge on any atom is 0.338 e. The first-order valence-corrected chi connectivity index (χ1v) is 10.3. The van der Waals surface area contributed by atoms with E-state index in [0.717, 1.165) is 21.5 Å². The van der Waals surface area contributed by atoms with E-state index in [1.165, 1.54) is 0 Å². The molecule has 6 nitrogen and oxygen atoms in total. The number of carbonyl (C=O) groups excluding carboxylic acids is 1. The van der Waals surface area contributed by atoms with Crippen LogP contribution in [0.3, 0.4) is 0 Å². The van der Waals surface area contributed by atoms with Gasteiger partial charge in [-0.1, -0.05) is 24.3 Å². The van der Waals surface area contributed by atoms with Gasteiger partial charge in [-0.05, 0) is 77.0 Å². The minimum Gasteiger partial charge on any atom is -0.490 e. The molecule has 0 aliphatic rings. The average molecular weight is 430 g/mol. The van der Waals surface area contributed by atoms with E-state index in [9.17, 15) is 9.59 Å². The van der Waals surface area contributed by atoms with Crippen molar-refractivity contribution in [3.8, 4) is 11.5 Å². The Kier molecular flexibility index (Phi) is 6.22. The number of carboxylic acid groups (broad SMARTS) is 1. The van der Waals surface area contributed by atoms with Crippen LogP contribution in [0.2, 0.25) is 0 Å². The molecule has 32 heavy (non-hydrogen) atoms. The van der Waals surface area contributed by atoms with Crippen LogP contribution in [0, 0.1) is 0 Å². The Hall–Kier alpha value is -4.06. The van der Waals surface area contributed by atoms with Crippen LogP contribution in [0.25, 0.3) is 21.5 Å². The number of aromatic carboxylic acids is 1. The van der Waals surface area contributed by atoms with Crippen molar-refractivity contribution in [3.05, 3.63) is 83.9 Å². The van der Waals surface area contributed by atoms with Gasteiger partial charge < -0.3 is 19.3 Å². The molecule has 4 aromatic carbocycles. The summed E-state index contributed by atoms with van der Waals surface area (Å²) in [6.45, 7) is 2.85. The molecule has 0 fully saturated rings. The van der Waals surface area contributed by atoms with Crippen LogP contribution in [0.1, 0.15) is 27.6 Å². The summed E-state index contributed by atoms with van der Waals surface area (Å²) in [5.41, 5.74) is 0.781. The van der Waals surface area contributed by atoms with Gasteiger partial charge in [0.15, 0.2) is 0 Å². The first-order chi connectivity index (χ1) is 15.5. The summed E-state index contributed by atoms with van der Waals surface area (Å²) < 4.78 is 16.6. The van der Waals surface area contributed by atoms with Crippen LogP contribution >= 0.6 is 0 Å². The van der Waals surface area contributed by atoms with Crippen LogP contribution in [0.4, 0.5) is 0 Å². The highest BCUT2D eigenvalue weighted by Crippen LogP contribution is 2.24. The van der Waals surface area contributed by atoms with Gasteiger partial charge in [0.05, 0.1) is 17.7 Å². The topological polar surface area (TPSA) is 82.1 Å². The summed E-state index contributed by atoms with van der Waals surface area (Å²) in [7, 11) is 0. The zero-order valence-corrected chi connectivity index (χ0v) is 17.5. The van der Waals surface area contributed by atoms with Gasteiger partial charge in [-0.25, -0.2) is 9.59 Å². The summed E-state index contributed by atoms with van der Waals surface area (Å²) >= 11 is 0. The smallest absolute Gasteiger partial charge is 0.338 e. The van der Waals surface area contributed by atoms with Gasteiger partial charge in [-0.15, -0.1) is 0 Å². The number of esters is 1. The predicted octanol–water partition coefficient (Wildman–Crippen LogP) is 5.33. The number of carbonyl (C=O) groups is 2. The molecule has 162 valence electrons. The van der Waals surface area contributed by atoms with E-state index in [1.54, 1.807) is 37.3 Å². The standard InChI is InChI=1S/C26H22O6/c1-2-30-26(29)22-6-4-20-16-24(10-8-18(20)14-22)32-12-11-31-23-9-7-17-13-21(25(27)28)5-3-19(17)15-23/h3-10,13-16H,2,11-12H2,1H3,(H,27,28). The SMILES string of the molecule is CCOC(=O)c1ccc2cc(OCCOc3ccc4cc(C(=O)O)ccc4c3)ccc2c1. The van der Waals surface area contributed by atoms with Crippen LogP contribution in [-0.4, -0.2) is 36.9 Å². The third-order valence-electron chi connectivity index (χ3n) is 5.00. The molecule has 4 rings (SSSR count). The predicted molar refractivity (Wildman–Crippen MR) is 122 cm³/mol. The van der Waals surface area contributed by atoms with Crippen LogP contribution in [0.15, 0.2) is 72.8 Å². The van der Waals surface area contributed by atoms with Crippen molar-refractivity contribution in [2.75, 3.05) is 19.8 Å². The molecule has 0 saturated carbocycles. The molecule has 0 aliphatic carbocycles. The van der Waals surface area contributed by atoms with E-state index in [4.69, 9.17) is 19.3 Å². The van der Waals surface area contributed by atoms with Crippen LogP contribution in [0.5, 0.6) is 11.5 Å². The number of ether oxygens (including phenoxy) is 3. The number of hydrogen-bond donors (Lipinski definition) is 1. The summed E-state index contributed by atoms with van der Waals surface area (Å²) in [5, 5.41) is 12.7. The van der Waals surface area contributed by atoms with E-state index in [0.29, 0.717) is 36.9 Å². The third kappa shape index (κ3) is 4.81. The Morgan fingerprint density at radius 2 is 1.16 bits per heavy atom. The Labute approximate surface area is 184 Å². The first-order valence-electron chi connectivity index (χ1n) is 10.3. The maximum absolute atomic E-state index is 11.9. The fourth-order valence-corrected chi connectivity index (χ4v) is 3.42. The van der Waals surface area contributed by atoms with Gasteiger partial charge in [0.1, 0.15) is 24.7 Å². The van der Waals surface area contributed by atoms with Crippen LogP contribution < -0.4 is 9.47 Å². The number of hydrogen-bond acceptors (Lipinski definition) is 5. The fourth-order valence-electron chi connectivity index (χ4n) is 3.42. The zero-order valence-electron chi connectivity index (χ0n) is 17.5. The number of benzene rings is 4. The largest absolute Gasteiger partial charge is 0.490 e. The molecule has 0 spiro atoms. The van der Waals surface area contributed by atoms with Crippen molar-refractivity contribution < 1.29 is 28.9 Å². The minimum absolute atomic E-state index is 0.257. The molecule has 0 aliphatic heterocycles. The van der Waals surface area contributed by atoms with Gasteiger partial charge in [-0.3, -0.25) is 0 Å². The molecular formula is C26H22O6. The van der Waals surface area contributed by atoms with E-state index in [-0.39, 0.29) is 11.5 Å². The summed E-state index contributed by atoms with van der Waals surface area (Å²) in [4.78, 5) is 23.0. The van der Waals surface area contributed by atoms with Crippen LogP contribution in [-0.2, 0) is 4.74 Å². The molecule has 6 heteroatoms. The lowest BCUT2D eigenvalue weighted by molar-refractivity contribution is 0.0526. The second kappa shape index (κ2) is 9.39. The third-order valence-corrected chi connectivity index (χ3v) is 5.00. The summed E-state index contributed by atoms with van der Waals surface area (Å²) in [6.07, 6.45) is 0. The van der Waals surface area contributed by atoms with Gasteiger partial charge in [0, 0.05) is 0 Å². The van der Waals surface area contributed by atoms with E-state index < -0.39 is 5.97 Å². The Morgan fingerprint density at radius 1 is 0.688 bits per heavy atom. The zero-order chi connectivity index (χ0) is 22.5. The second-order valence-electron chi connectivity index (χ2n) is 7.17. The summed E-state index contributed by atoms with van der Waals surface area (Å²) in [5.74, 6) is 0.124. The number of rotatable bonds is 8. The lowest BCUT2D eigenvalue weighted by atomic mass is 10.1. The molecule has 0 unspecified atom stereocenters. The van der Waals surface area contributed by atoms with Gasteiger partial charge in [-0.2, -0.15) is 0 Å². The second-order valence-corrected chi connectivity index (χ2v) is 7.17. The molecule has 0 atom stereocenters. The molecular weight excluding hydrogens is 408 g/mol. The Bertz CT molecular complexity index is 1290. The number of fused-ring (bicyclic) bond motifs is 2. The highest BCUT2D eigenvalue weighted by Gasteiger charge is 2.08. The summed E-state index contributed by atoms with van der Waals surface area (Å²) in [6, 6.07) is 21.6. The van der Waals surface area contributed by atoms with Crippen molar-refractivity contribution in [2.24, 2.45) is 0 Å². The highest BCUT2D eigenvalue weighted by atomic mass is 16.5. The molecule has 1 N–H and O–H groups in total. The van der Waals surface area contributed by atoms with E-state index >= 15 is 0 Å². The normalized spacial score (nSPS) is 10.8. The lowest BCUT2D eigenvalue weighted by Gasteiger charge is -2.10. The van der Waals surface area contributed by atoms with E-state index in [2.05, 4.69) is 0 Å². The molecule has 0 bridgehead atoms. The molecule has 0 aromatic heterocycles. The van der Waals surface area contributed by atoms with Crippen molar-refractivity contribution >= 4 is 33.5 Å². The lowest BCUT2D eigenvalue weighted by Crippen LogP contribution is -2.09. The monoisotopic (exact) mass is 430 g/mol. The van der Waals surface area contributed by atoms with Gasteiger partial charge >= 0.3 is 11.9 Å². The first kappa shape index (κ1) is 21.2. The maximum atomic E-state index is 11.9. The highest BCUT2D eigenvalue weighted by molar-refractivity contribution is 5.96. The van der Waals surface area contributed by atoms with E-state index in [1.807, 2.05) is 42.5 Å². The molecule has 0 amide bonds. The average Bonchev–Trinajstić information content (AvgIpc) is 2.81. The van der Waals surface area contributed by atoms with Gasteiger partial charge in [0.25, 0.3) is 0 Å². The van der Waals surface area contributed by atoms with Crippen molar-refractivity contribution in [1.82, 2.24) is 0 Å². The molecule has 0 saturated heterocycles. The van der Waals surface area contributed by atoms with Crippen molar-refractivity contribution in [2.45, 2.75) is 6.92 Å². The van der Waals surface area contributed by atoms with Crippen molar-refractivity contribution in [1.29, 1.82) is 0 Å². The number of carboxylic acids is 1. The molecule has 0 heterocycles. The Balaban J connectivity index is 1.34. The fraction of sp³-hybridized carbons (Fsp3) is 0.154.